The maximum Gasteiger partial charge on any atom is 0.260 e. The van der Waals surface area contributed by atoms with Crippen LogP contribution in [0.4, 0.5) is 0 Å². The molecule has 0 radical (unpaired) electrons. The first kappa shape index (κ1) is 15.8. The number of likely N-dealkylation sites (N-methyl/N-ethyl adjacent to an activating group) is 1. The molecule has 1 aromatic carbocycles. The first-order valence-electron chi connectivity index (χ1n) is 6.46. The van der Waals surface area contributed by atoms with E-state index in [1.165, 1.54) is 0 Å². The second kappa shape index (κ2) is 8.02. The highest BCUT2D eigenvalue weighted by molar-refractivity contribution is 6.31. The predicted octanol–water partition coefficient (Wildman–Crippen LogP) is 2.31. The van der Waals surface area contributed by atoms with Crippen molar-refractivity contribution in [2.75, 3.05) is 26.7 Å². The first-order valence-corrected chi connectivity index (χ1v) is 6.84. The molecule has 0 fully saturated rings. The molecule has 0 saturated heterocycles. The highest BCUT2D eigenvalue weighted by Crippen LogP contribution is 2.26. The summed E-state index contributed by atoms with van der Waals surface area (Å²) in [6.45, 7) is 5.93. The van der Waals surface area contributed by atoms with Gasteiger partial charge in [0.1, 0.15) is 5.75 Å². The zero-order valence-electron chi connectivity index (χ0n) is 11.7. The molecule has 0 bridgehead atoms. The zero-order chi connectivity index (χ0) is 14.3. The van der Waals surface area contributed by atoms with Crippen LogP contribution in [0.25, 0.3) is 0 Å². The lowest BCUT2D eigenvalue weighted by atomic mass is 10.2. The number of rotatable bonds is 7. The Balaban J connectivity index is 2.72. The molecule has 4 nitrogen and oxygen atoms in total. The van der Waals surface area contributed by atoms with E-state index in [1.54, 1.807) is 4.90 Å². The SMILES string of the molecule is CCN(CC)C(=O)COc1cccc(Cl)c1CNC. The summed E-state index contributed by atoms with van der Waals surface area (Å²) < 4.78 is 5.60. The third-order valence-electron chi connectivity index (χ3n) is 2.90. The van der Waals surface area contributed by atoms with Crippen LogP contribution in [0.15, 0.2) is 18.2 Å². The van der Waals surface area contributed by atoms with Gasteiger partial charge in [0.25, 0.3) is 5.91 Å². The van der Waals surface area contributed by atoms with Gasteiger partial charge in [0.15, 0.2) is 6.61 Å². The van der Waals surface area contributed by atoms with Gasteiger partial charge in [-0.1, -0.05) is 17.7 Å². The Labute approximate surface area is 119 Å². The molecule has 0 aliphatic heterocycles. The normalized spacial score (nSPS) is 10.3. The number of carbonyl (C=O) groups excluding carboxylic acids is 1. The lowest BCUT2D eigenvalue weighted by molar-refractivity contribution is -0.132. The van der Waals surface area contributed by atoms with Crippen molar-refractivity contribution < 1.29 is 9.53 Å². The van der Waals surface area contributed by atoms with Gasteiger partial charge in [0.05, 0.1) is 0 Å². The number of halogens is 1. The summed E-state index contributed by atoms with van der Waals surface area (Å²) in [6, 6.07) is 5.46. The average Bonchev–Trinajstić information content (AvgIpc) is 2.41. The van der Waals surface area contributed by atoms with Crippen molar-refractivity contribution in [1.29, 1.82) is 0 Å². The Morgan fingerprint density at radius 2 is 2.05 bits per heavy atom. The van der Waals surface area contributed by atoms with E-state index in [0.29, 0.717) is 30.4 Å². The molecule has 0 spiro atoms. The molecule has 0 aromatic heterocycles. The van der Waals surface area contributed by atoms with Crippen LogP contribution in [0.1, 0.15) is 19.4 Å². The molecule has 0 aliphatic rings. The highest BCUT2D eigenvalue weighted by Gasteiger charge is 2.12. The van der Waals surface area contributed by atoms with Crippen LogP contribution in [-0.2, 0) is 11.3 Å². The predicted molar refractivity (Wildman–Crippen MR) is 77.6 cm³/mol. The fourth-order valence-corrected chi connectivity index (χ4v) is 2.06. The molecule has 1 aromatic rings. The first-order chi connectivity index (χ1) is 9.13. The van der Waals surface area contributed by atoms with Gasteiger partial charge in [-0.05, 0) is 33.0 Å². The number of nitrogens with zero attached hydrogens (tertiary/aromatic N) is 1. The van der Waals surface area contributed by atoms with Crippen molar-refractivity contribution in [1.82, 2.24) is 10.2 Å². The second-order valence-electron chi connectivity index (χ2n) is 4.10. The number of benzene rings is 1. The minimum atomic E-state index is -0.0135. The van der Waals surface area contributed by atoms with Crippen LogP contribution < -0.4 is 10.1 Å². The Bertz CT molecular complexity index is 420. The van der Waals surface area contributed by atoms with E-state index in [-0.39, 0.29) is 12.5 Å². The van der Waals surface area contributed by atoms with Crippen LogP contribution in [0.5, 0.6) is 5.75 Å². The average molecular weight is 285 g/mol. The largest absolute Gasteiger partial charge is 0.483 e. The fourth-order valence-electron chi connectivity index (χ4n) is 1.83. The molecule has 0 aliphatic carbocycles. The van der Waals surface area contributed by atoms with Gasteiger partial charge in [0, 0.05) is 30.2 Å². The summed E-state index contributed by atoms with van der Waals surface area (Å²) >= 11 is 6.13. The van der Waals surface area contributed by atoms with E-state index in [0.717, 1.165) is 5.56 Å². The maximum atomic E-state index is 11.9. The highest BCUT2D eigenvalue weighted by atomic mass is 35.5. The van der Waals surface area contributed by atoms with Crippen molar-refractivity contribution in [2.45, 2.75) is 20.4 Å². The third kappa shape index (κ3) is 4.40. The van der Waals surface area contributed by atoms with E-state index in [9.17, 15) is 4.79 Å². The van der Waals surface area contributed by atoms with Gasteiger partial charge in [-0.25, -0.2) is 0 Å². The van der Waals surface area contributed by atoms with E-state index < -0.39 is 0 Å². The minimum absolute atomic E-state index is 0.0135. The molecular weight excluding hydrogens is 264 g/mol. The molecular formula is C14H21ClN2O2. The van der Waals surface area contributed by atoms with Crippen molar-refractivity contribution in [3.8, 4) is 5.75 Å². The Kier molecular flexibility index (Phi) is 6.67. The topological polar surface area (TPSA) is 41.6 Å². The van der Waals surface area contributed by atoms with Crippen LogP contribution >= 0.6 is 11.6 Å². The van der Waals surface area contributed by atoms with Crippen molar-refractivity contribution in [2.24, 2.45) is 0 Å². The van der Waals surface area contributed by atoms with Crippen molar-refractivity contribution in [3.05, 3.63) is 28.8 Å². The van der Waals surface area contributed by atoms with Gasteiger partial charge in [-0.3, -0.25) is 4.79 Å². The smallest absolute Gasteiger partial charge is 0.260 e. The van der Waals surface area contributed by atoms with E-state index in [2.05, 4.69) is 5.32 Å². The van der Waals surface area contributed by atoms with E-state index >= 15 is 0 Å². The number of amides is 1. The number of hydrogen-bond donors (Lipinski definition) is 1. The van der Waals surface area contributed by atoms with Crippen LogP contribution in [0.2, 0.25) is 5.02 Å². The monoisotopic (exact) mass is 284 g/mol. The molecule has 106 valence electrons. The number of ether oxygens (including phenoxy) is 1. The maximum absolute atomic E-state index is 11.9. The Morgan fingerprint density at radius 3 is 2.63 bits per heavy atom. The molecule has 0 heterocycles. The number of nitrogens with one attached hydrogen (secondary N) is 1. The van der Waals surface area contributed by atoms with Crippen LogP contribution in [0, 0.1) is 0 Å². The summed E-state index contributed by atoms with van der Waals surface area (Å²) in [7, 11) is 1.84. The van der Waals surface area contributed by atoms with E-state index in [1.807, 2.05) is 39.1 Å². The molecule has 0 saturated carbocycles. The summed E-state index contributed by atoms with van der Waals surface area (Å²) in [5.74, 6) is 0.641. The molecule has 1 rings (SSSR count). The summed E-state index contributed by atoms with van der Waals surface area (Å²) in [5, 5.41) is 3.68. The molecule has 1 amide bonds. The zero-order valence-corrected chi connectivity index (χ0v) is 12.5. The fraction of sp³-hybridized carbons (Fsp3) is 0.500. The number of hydrogen-bond acceptors (Lipinski definition) is 3. The van der Waals surface area contributed by atoms with Gasteiger partial charge in [0.2, 0.25) is 0 Å². The van der Waals surface area contributed by atoms with Crippen molar-refractivity contribution in [3.63, 3.8) is 0 Å². The van der Waals surface area contributed by atoms with Gasteiger partial charge in [-0.15, -0.1) is 0 Å². The van der Waals surface area contributed by atoms with Gasteiger partial charge >= 0.3 is 0 Å². The van der Waals surface area contributed by atoms with Gasteiger partial charge in [-0.2, -0.15) is 0 Å². The molecule has 5 heteroatoms. The molecule has 0 unspecified atom stereocenters. The Morgan fingerprint density at radius 1 is 1.37 bits per heavy atom. The standard InChI is InChI=1S/C14H21ClN2O2/c1-4-17(5-2)14(18)10-19-13-8-6-7-12(15)11(13)9-16-3/h6-8,16H,4-5,9-10H2,1-3H3. The lowest BCUT2D eigenvalue weighted by Crippen LogP contribution is -2.34. The van der Waals surface area contributed by atoms with Crippen LogP contribution in [-0.4, -0.2) is 37.6 Å². The third-order valence-corrected chi connectivity index (χ3v) is 3.25. The summed E-state index contributed by atoms with van der Waals surface area (Å²) in [5.41, 5.74) is 0.874. The molecule has 0 atom stereocenters. The van der Waals surface area contributed by atoms with Gasteiger partial charge < -0.3 is 15.0 Å². The van der Waals surface area contributed by atoms with Crippen molar-refractivity contribution >= 4 is 17.5 Å². The second-order valence-corrected chi connectivity index (χ2v) is 4.51. The summed E-state index contributed by atoms with van der Waals surface area (Å²) in [6.07, 6.45) is 0. The molecule has 19 heavy (non-hydrogen) atoms. The minimum Gasteiger partial charge on any atom is -0.483 e. The molecule has 1 N–H and O–H groups in total. The van der Waals surface area contributed by atoms with E-state index in [4.69, 9.17) is 16.3 Å². The quantitative estimate of drug-likeness (QED) is 0.835. The van der Waals surface area contributed by atoms with Crippen LogP contribution in [0.3, 0.4) is 0 Å². The Hall–Kier alpha value is -1.26. The lowest BCUT2D eigenvalue weighted by Gasteiger charge is -2.19. The number of carbonyl (C=O) groups is 1. The summed E-state index contributed by atoms with van der Waals surface area (Å²) in [4.78, 5) is 13.6.